The molecule has 18 heavy (non-hydrogen) atoms. The van der Waals surface area contributed by atoms with Crippen molar-refractivity contribution in [3.63, 3.8) is 0 Å². The van der Waals surface area contributed by atoms with Crippen LogP contribution in [-0.4, -0.2) is 11.1 Å². The molecule has 0 bridgehead atoms. The topological polar surface area (TPSA) is 61.1 Å². The molecule has 0 saturated carbocycles. The lowest BCUT2D eigenvalue weighted by molar-refractivity contribution is -0.136. The second kappa shape index (κ2) is 5.68. The number of benzene rings is 1. The van der Waals surface area contributed by atoms with E-state index >= 15 is 0 Å². The normalized spacial score (nSPS) is 10.7. The average molecular weight is 245 g/mol. The van der Waals surface area contributed by atoms with Gasteiger partial charge < -0.3 is 5.11 Å². The van der Waals surface area contributed by atoms with E-state index in [2.05, 4.69) is 6.07 Å². The Morgan fingerprint density at radius 2 is 1.67 bits per heavy atom. The summed E-state index contributed by atoms with van der Waals surface area (Å²) >= 11 is 0. The van der Waals surface area contributed by atoms with Crippen molar-refractivity contribution in [2.24, 2.45) is 0 Å². The third-order valence-electron chi connectivity index (χ3n) is 3.02. The predicted octanol–water partition coefficient (Wildman–Crippen LogP) is 3.43. The Labute approximate surface area is 108 Å². The first-order valence-corrected chi connectivity index (χ1v) is 6.15. The molecule has 3 heteroatoms. The molecule has 1 aromatic carbocycles. The fourth-order valence-corrected chi connectivity index (χ4v) is 2.17. The van der Waals surface area contributed by atoms with Crippen LogP contribution in [0, 0.1) is 11.3 Å². The molecule has 96 valence electrons. The second-order valence-electron chi connectivity index (χ2n) is 5.12. The van der Waals surface area contributed by atoms with Crippen LogP contribution in [0.1, 0.15) is 61.8 Å². The van der Waals surface area contributed by atoms with Gasteiger partial charge in [-0.2, -0.15) is 5.26 Å². The fourth-order valence-electron chi connectivity index (χ4n) is 2.17. The number of rotatable bonds is 4. The number of hydrogen-bond acceptors (Lipinski definition) is 2. The van der Waals surface area contributed by atoms with Gasteiger partial charge in [0.25, 0.3) is 0 Å². The van der Waals surface area contributed by atoms with Gasteiger partial charge in [-0.3, -0.25) is 4.79 Å². The zero-order valence-corrected chi connectivity index (χ0v) is 11.3. The SMILES string of the molecule is CC(C)c1cc(C#N)cc(C(C)C)c1CC(=O)O. The van der Waals surface area contributed by atoms with Gasteiger partial charge in [0.1, 0.15) is 0 Å². The number of carboxylic acids is 1. The number of aliphatic carboxylic acids is 1. The first-order valence-electron chi connectivity index (χ1n) is 6.15. The van der Waals surface area contributed by atoms with E-state index in [1.807, 2.05) is 39.8 Å². The van der Waals surface area contributed by atoms with E-state index in [-0.39, 0.29) is 18.3 Å². The quantitative estimate of drug-likeness (QED) is 0.884. The minimum absolute atomic E-state index is 0.0206. The van der Waals surface area contributed by atoms with E-state index in [1.54, 1.807) is 0 Å². The molecule has 0 aromatic heterocycles. The average Bonchev–Trinajstić information content (AvgIpc) is 2.27. The molecule has 1 aromatic rings. The van der Waals surface area contributed by atoms with Crippen LogP contribution in [0.25, 0.3) is 0 Å². The number of hydrogen-bond donors (Lipinski definition) is 1. The molecular weight excluding hydrogens is 226 g/mol. The summed E-state index contributed by atoms with van der Waals surface area (Å²) in [6.45, 7) is 8.08. The van der Waals surface area contributed by atoms with E-state index in [9.17, 15) is 4.79 Å². The maximum atomic E-state index is 11.0. The fraction of sp³-hybridized carbons (Fsp3) is 0.467. The highest BCUT2D eigenvalue weighted by molar-refractivity contribution is 5.72. The van der Waals surface area contributed by atoms with E-state index < -0.39 is 5.97 Å². The van der Waals surface area contributed by atoms with E-state index in [0.717, 1.165) is 16.7 Å². The van der Waals surface area contributed by atoms with Crippen molar-refractivity contribution in [3.8, 4) is 6.07 Å². The molecule has 0 saturated heterocycles. The molecule has 0 radical (unpaired) electrons. The van der Waals surface area contributed by atoms with Crippen LogP contribution in [0.5, 0.6) is 0 Å². The molecule has 3 nitrogen and oxygen atoms in total. The standard InChI is InChI=1S/C15H19NO2/c1-9(2)12-5-11(8-16)6-13(10(3)4)14(12)7-15(17)18/h5-6,9-10H,7H2,1-4H3,(H,17,18). The number of nitrogens with zero attached hydrogens (tertiary/aromatic N) is 1. The summed E-state index contributed by atoms with van der Waals surface area (Å²) in [5.41, 5.74) is 3.42. The van der Waals surface area contributed by atoms with Crippen molar-refractivity contribution in [1.82, 2.24) is 0 Å². The lowest BCUT2D eigenvalue weighted by Gasteiger charge is -2.19. The van der Waals surface area contributed by atoms with Gasteiger partial charge in [0, 0.05) is 0 Å². The Bertz CT molecular complexity index is 467. The molecule has 0 aliphatic carbocycles. The van der Waals surface area contributed by atoms with Gasteiger partial charge in [0.05, 0.1) is 18.1 Å². The van der Waals surface area contributed by atoms with Gasteiger partial charge in [-0.05, 0) is 40.7 Å². The Balaban J connectivity index is 3.51. The van der Waals surface area contributed by atoms with Crippen molar-refractivity contribution in [2.45, 2.75) is 46.0 Å². The second-order valence-corrected chi connectivity index (χ2v) is 5.12. The molecule has 0 atom stereocenters. The molecule has 0 aliphatic heterocycles. The van der Waals surface area contributed by atoms with Gasteiger partial charge in [-0.25, -0.2) is 0 Å². The third kappa shape index (κ3) is 3.10. The van der Waals surface area contributed by atoms with Crippen LogP contribution in [0.4, 0.5) is 0 Å². The van der Waals surface area contributed by atoms with Crippen LogP contribution in [0.15, 0.2) is 12.1 Å². The summed E-state index contributed by atoms with van der Waals surface area (Å²) in [6.07, 6.45) is 0.0206. The molecule has 0 heterocycles. The Morgan fingerprint density at radius 1 is 1.22 bits per heavy atom. The summed E-state index contributed by atoms with van der Waals surface area (Å²) in [7, 11) is 0. The van der Waals surface area contributed by atoms with Crippen molar-refractivity contribution in [3.05, 3.63) is 34.4 Å². The Kier molecular flexibility index (Phi) is 4.49. The van der Waals surface area contributed by atoms with Crippen molar-refractivity contribution in [1.29, 1.82) is 5.26 Å². The van der Waals surface area contributed by atoms with Crippen molar-refractivity contribution < 1.29 is 9.90 Å². The van der Waals surface area contributed by atoms with E-state index in [4.69, 9.17) is 10.4 Å². The van der Waals surface area contributed by atoms with Crippen LogP contribution < -0.4 is 0 Å². The molecule has 0 amide bonds. The molecular formula is C15H19NO2. The number of carbonyl (C=O) groups is 1. The smallest absolute Gasteiger partial charge is 0.307 e. The van der Waals surface area contributed by atoms with Gasteiger partial charge in [-0.1, -0.05) is 27.7 Å². The lowest BCUT2D eigenvalue weighted by atomic mass is 9.85. The molecule has 0 spiro atoms. The van der Waals surface area contributed by atoms with E-state index in [0.29, 0.717) is 5.56 Å². The molecule has 0 unspecified atom stereocenters. The van der Waals surface area contributed by atoms with Gasteiger partial charge in [0.2, 0.25) is 0 Å². The van der Waals surface area contributed by atoms with E-state index in [1.165, 1.54) is 0 Å². The minimum atomic E-state index is -0.830. The maximum Gasteiger partial charge on any atom is 0.307 e. The molecule has 0 fully saturated rings. The zero-order chi connectivity index (χ0) is 13.9. The van der Waals surface area contributed by atoms with Crippen molar-refractivity contribution in [2.75, 3.05) is 0 Å². The molecule has 0 aliphatic rings. The van der Waals surface area contributed by atoms with Gasteiger partial charge >= 0.3 is 5.97 Å². The minimum Gasteiger partial charge on any atom is -0.481 e. The summed E-state index contributed by atoms with van der Waals surface area (Å²) < 4.78 is 0. The van der Waals surface area contributed by atoms with Crippen LogP contribution in [0.2, 0.25) is 0 Å². The van der Waals surface area contributed by atoms with Gasteiger partial charge in [-0.15, -0.1) is 0 Å². The van der Waals surface area contributed by atoms with Crippen LogP contribution in [-0.2, 0) is 11.2 Å². The van der Waals surface area contributed by atoms with Crippen LogP contribution >= 0.6 is 0 Å². The first-order chi connectivity index (χ1) is 8.36. The lowest BCUT2D eigenvalue weighted by Crippen LogP contribution is -2.10. The first kappa shape index (κ1) is 14.2. The van der Waals surface area contributed by atoms with Crippen molar-refractivity contribution >= 4 is 5.97 Å². The largest absolute Gasteiger partial charge is 0.481 e. The Hall–Kier alpha value is -1.82. The predicted molar refractivity (Wildman–Crippen MR) is 70.7 cm³/mol. The van der Waals surface area contributed by atoms with Gasteiger partial charge in [0.15, 0.2) is 0 Å². The number of carboxylic acid groups (broad SMARTS) is 1. The summed E-state index contributed by atoms with van der Waals surface area (Å²) in [5, 5.41) is 18.1. The van der Waals surface area contributed by atoms with Crippen LogP contribution in [0.3, 0.4) is 0 Å². The highest BCUT2D eigenvalue weighted by atomic mass is 16.4. The zero-order valence-electron chi connectivity index (χ0n) is 11.3. The maximum absolute atomic E-state index is 11.0. The highest BCUT2D eigenvalue weighted by Crippen LogP contribution is 2.29. The summed E-state index contributed by atoms with van der Waals surface area (Å²) in [4.78, 5) is 11.0. The Morgan fingerprint density at radius 3 is 1.94 bits per heavy atom. The monoisotopic (exact) mass is 245 g/mol. The third-order valence-corrected chi connectivity index (χ3v) is 3.02. The number of nitriles is 1. The highest BCUT2D eigenvalue weighted by Gasteiger charge is 2.17. The summed E-state index contributed by atoms with van der Waals surface area (Å²) in [6, 6.07) is 5.78. The molecule has 1 rings (SSSR count). The summed E-state index contributed by atoms with van der Waals surface area (Å²) in [5.74, 6) is -0.404. The molecule has 1 N–H and O–H groups in total.